The van der Waals surface area contributed by atoms with Gasteiger partial charge < -0.3 is 5.21 Å². The van der Waals surface area contributed by atoms with Crippen LogP contribution in [0.2, 0.25) is 0 Å². The number of allylic oxidation sites excluding steroid dienone is 1. The summed E-state index contributed by atoms with van der Waals surface area (Å²) < 4.78 is 0.750. The van der Waals surface area contributed by atoms with Crippen molar-refractivity contribution in [2.24, 2.45) is 0 Å². The second-order valence-corrected chi connectivity index (χ2v) is 0.850. The molecule has 0 N–H and O–H groups in total. The van der Waals surface area contributed by atoms with E-state index in [9.17, 15) is 5.21 Å². The molecule has 1 aliphatic heterocycles. The quantitative estimate of drug-likeness (QED) is 0.292. The second kappa shape index (κ2) is 0.578. The SMILES string of the molecule is [O-][N+]1=CC=C1. The topological polar surface area (TPSA) is 26.1 Å². The fourth-order valence-corrected chi connectivity index (χ4v) is 0.156. The van der Waals surface area contributed by atoms with E-state index in [0.29, 0.717) is 0 Å². The standard InChI is InChI=1S/C3H3NO/c5-4-2-1-3-4/h1-3H. The molecule has 0 aromatic rings. The molecule has 1 aliphatic rings. The zero-order valence-electron chi connectivity index (χ0n) is 2.59. The van der Waals surface area contributed by atoms with Crippen LogP contribution in [-0.2, 0) is 0 Å². The van der Waals surface area contributed by atoms with Crippen molar-refractivity contribution < 1.29 is 4.74 Å². The molecule has 0 radical (unpaired) electrons. The Bertz CT molecular complexity index is 93.1. The van der Waals surface area contributed by atoms with Gasteiger partial charge in [0.1, 0.15) is 0 Å². The predicted molar refractivity (Wildman–Crippen MR) is 18.8 cm³/mol. The van der Waals surface area contributed by atoms with Crippen LogP contribution >= 0.6 is 0 Å². The van der Waals surface area contributed by atoms with Gasteiger partial charge in [-0.15, -0.1) is 0 Å². The summed E-state index contributed by atoms with van der Waals surface area (Å²) in [7, 11) is 0. The van der Waals surface area contributed by atoms with Gasteiger partial charge in [-0.3, -0.25) is 0 Å². The first-order valence-electron chi connectivity index (χ1n) is 1.37. The fourth-order valence-electron chi connectivity index (χ4n) is 0.156. The minimum atomic E-state index is 0.750. The largest absolute Gasteiger partial charge is 0.619 e. The lowest BCUT2D eigenvalue weighted by molar-refractivity contribution is -0.383. The first-order chi connectivity index (χ1) is 2.39. The Hall–Kier alpha value is -0.790. The highest BCUT2D eigenvalue weighted by atomic mass is 16.5. The normalized spacial score (nSPS) is 17.2. The van der Waals surface area contributed by atoms with Crippen LogP contribution in [-0.4, -0.2) is 11.0 Å². The van der Waals surface area contributed by atoms with Gasteiger partial charge in [-0.25, -0.2) is 0 Å². The van der Waals surface area contributed by atoms with Crippen molar-refractivity contribution in [3.63, 3.8) is 0 Å². The molecule has 0 saturated carbocycles. The van der Waals surface area contributed by atoms with Crippen LogP contribution in [0.15, 0.2) is 12.3 Å². The van der Waals surface area contributed by atoms with Gasteiger partial charge in [-0.1, -0.05) is 0 Å². The molecular formula is C3H3NO. The minimum absolute atomic E-state index is 0.750. The molecule has 0 unspecified atom stereocenters. The van der Waals surface area contributed by atoms with Gasteiger partial charge in [0.15, 0.2) is 12.4 Å². The molecule has 2 nitrogen and oxygen atoms in total. The average Bonchev–Trinajstić information content (AvgIpc) is 1.30. The second-order valence-electron chi connectivity index (χ2n) is 0.850. The first-order valence-corrected chi connectivity index (χ1v) is 1.37. The maximum absolute atomic E-state index is 9.67. The molecule has 0 aliphatic carbocycles. The molecule has 1 heterocycles. The first kappa shape index (κ1) is 2.45. The highest BCUT2D eigenvalue weighted by Gasteiger charge is 1.88. The van der Waals surface area contributed by atoms with Crippen molar-refractivity contribution in [2.75, 3.05) is 0 Å². The zero-order valence-corrected chi connectivity index (χ0v) is 2.59. The van der Waals surface area contributed by atoms with Crippen LogP contribution in [0.4, 0.5) is 0 Å². The van der Waals surface area contributed by atoms with Crippen molar-refractivity contribution in [3.05, 3.63) is 17.5 Å². The lowest BCUT2D eigenvalue weighted by atomic mass is 10.6. The monoisotopic (exact) mass is 69.0 g/mol. The van der Waals surface area contributed by atoms with Crippen molar-refractivity contribution in [1.82, 2.24) is 0 Å². The van der Waals surface area contributed by atoms with Crippen molar-refractivity contribution in [2.45, 2.75) is 0 Å². The Morgan fingerprint density at radius 3 is 2.00 bits per heavy atom. The molecule has 1 rings (SSSR count). The highest BCUT2D eigenvalue weighted by molar-refractivity contribution is 5.69. The molecule has 26 valence electrons. The van der Waals surface area contributed by atoms with Crippen LogP contribution in [0.5, 0.6) is 0 Å². The number of nitrogens with zero attached hydrogens (tertiary/aromatic N) is 1. The minimum Gasteiger partial charge on any atom is -0.619 e. The molecule has 0 amide bonds. The third kappa shape index (κ3) is 0.173. The van der Waals surface area contributed by atoms with E-state index in [0.717, 1.165) is 4.74 Å². The van der Waals surface area contributed by atoms with Gasteiger partial charge in [0.25, 0.3) is 0 Å². The Kier molecular flexibility index (Phi) is 0.283. The third-order valence-corrected chi connectivity index (χ3v) is 0.466. The maximum Gasteiger partial charge on any atom is 0.186 e. The molecule has 2 heteroatoms. The van der Waals surface area contributed by atoms with Crippen LogP contribution in [0, 0.1) is 5.21 Å². The predicted octanol–water partition coefficient (Wildman–Crippen LogP) is 0.0948. The summed E-state index contributed by atoms with van der Waals surface area (Å²) in [4.78, 5) is 0. The van der Waals surface area contributed by atoms with E-state index < -0.39 is 0 Å². The van der Waals surface area contributed by atoms with E-state index in [1.165, 1.54) is 12.4 Å². The smallest absolute Gasteiger partial charge is 0.186 e. The van der Waals surface area contributed by atoms with Crippen LogP contribution in [0.25, 0.3) is 0 Å². The molecular weight excluding hydrogens is 66.0 g/mol. The summed E-state index contributed by atoms with van der Waals surface area (Å²) >= 11 is 0. The molecule has 0 aromatic carbocycles. The summed E-state index contributed by atoms with van der Waals surface area (Å²) in [5.41, 5.74) is 0. The molecule has 0 spiro atoms. The molecule has 0 bridgehead atoms. The average molecular weight is 69.1 g/mol. The zero-order chi connectivity index (χ0) is 3.70. The maximum atomic E-state index is 9.67. The summed E-state index contributed by atoms with van der Waals surface area (Å²) in [6, 6.07) is 0. The lowest BCUT2D eigenvalue weighted by Gasteiger charge is -1.95. The van der Waals surface area contributed by atoms with Gasteiger partial charge in [-0.2, -0.15) is 4.74 Å². The summed E-state index contributed by atoms with van der Waals surface area (Å²) in [6.45, 7) is 0. The van der Waals surface area contributed by atoms with Gasteiger partial charge in [0.05, 0.1) is 6.08 Å². The van der Waals surface area contributed by atoms with E-state index in [1.807, 2.05) is 0 Å². The molecule has 0 atom stereocenters. The van der Waals surface area contributed by atoms with E-state index in [-0.39, 0.29) is 0 Å². The Morgan fingerprint density at radius 2 is 2.00 bits per heavy atom. The highest BCUT2D eigenvalue weighted by Crippen LogP contribution is 1.79. The van der Waals surface area contributed by atoms with Crippen molar-refractivity contribution in [3.8, 4) is 0 Å². The Morgan fingerprint density at radius 1 is 1.60 bits per heavy atom. The fraction of sp³-hybridized carbons (Fsp3) is 0. The van der Waals surface area contributed by atoms with Crippen molar-refractivity contribution in [1.29, 1.82) is 0 Å². The molecule has 0 aromatic heterocycles. The van der Waals surface area contributed by atoms with E-state index >= 15 is 0 Å². The van der Waals surface area contributed by atoms with Gasteiger partial charge in [-0.05, 0) is 0 Å². The molecule has 0 fully saturated rings. The van der Waals surface area contributed by atoms with Crippen molar-refractivity contribution >= 4 is 6.21 Å². The van der Waals surface area contributed by atoms with Gasteiger partial charge in [0.2, 0.25) is 0 Å². The number of hydroxylamine groups is 1. The van der Waals surface area contributed by atoms with Crippen LogP contribution < -0.4 is 0 Å². The Balaban J connectivity index is 2.60. The third-order valence-electron chi connectivity index (χ3n) is 0.466. The summed E-state index contributed by atoms with van der Waals surface area (Å²) in [5, 5.41) is 9.67. The summed E-state index contributed by atoms with van der Waals surface area (Å²) in [6.07, 6.45) is 4.58. The van der Waals surface area contributed by atoms with Crippen LogP contribution in [0.3, 0.4) is 0 Å². The lowest BCUT2D eigenvalue weighted by Crippen LogP contribution is -2.00. The molecule has 5 heavy (non-hydrogen) atoms. The van der Waals surface area contributed by atoms with E-state index in [2.05, 4.69) is 0 Å². The van der Waals surface area contributed by atoms with E-state index in [4.69, 9.17) is 0 Å². The van der Waals surface area contributed by atoms with Gasteiger partial charge >= 0.3 is 0 Å². The summed E-state index contributed by atoms with van der Waals surface area (Å²) in [5.74, 6) is 0. The number of hydrogen-bond acceptors (Lipinski definition) is 1. The van der Waals surface area contributed by atoms with E-state index in [1.54, 1.807) is 6.08 Å². The van der Waals surface area contributed by atoms with Gasteiger partial charge in [0, 0.05) is 0 Å². The molecule has 0 saturated heterocycles. The Labute approximate surface area is 29.6 Å². The number of hydrogen-bond donors (Lipinski definition) is 0. The van der Waals surface area contributed by atoms with Crippen LogP contribution in [0.1, 0.15) is 0 Å². The number of rotatable bonds is 0.